The average molecular weight is 283 g/mol. The van der Waals surface area contributed by atoms with Crippen LogP contribution in [0.25, 0.3) is 16.9 Å². The van der Waals surface area contributed by atoms with E-state index in [1.807, 2.05) is 19.9 Å². The smallest absolute Gasteiger partial charge is 0.288 e. The van der Waals surface area contributed by atoms with Crippen LogP contribution in [0, 0.1) is 0 Å². The number of aromatic nitrogens is 5. The van der Waals surface area contributed by atoms with Crippen LogP contribution in [-0.4, -0.2) is 24.7 Å². The molecule has 0 unspecified atom stereocenters. The Balaban J connectivity index is 2.37. The van der Waals surface area contributed by atoms with E-state index in [2.05, 4.69) is 20.2 Å². The first-order valence-electron chi connectivity index (χ1n) is 6.53. The highest BCUT2D eigenvalue weighted by atomic mass is 16.2. The molecule has 0 aliphatic heterocycles. The third-order valence-electron chi connectivity index (χ3n) is 3.07. The lowest BCUT2D eigenvalue weighted by atomic mass is 10.2. The minimum absolute atomic E-state index is 0.0402. The first kappa shape index (κ1) is 13.2. The van der Waals surface area contributed by atoms with E-state index in [1.165, 1.54) is 0 Å². The van der Waals surface area contributed by atoms with E-state index in [0.717, 1.165) is 4.57 Å². The van der Waals surface area contributed by atoms with Gasteiger partial charge >= 0.3 is 5.69 Å². The Bertz CT molecular complexity index is 912. The van der Waals surface area contributed by atoms with Crippen LogP contribution >= 0.6 is 0 Å². The van der Waals surface area contributed by atoms with Gasteiger partial charge in [0.2, 0.25) is 0 Å². The highest BCUT2D eigenvalue weighted by molar-refractivity contribution is 5.67. The van der Waals surface area contributed by atoms with Gasteiger partial charge in [-0.3, -0.25) is 9.78 Å². The van der Waals surface area contributed by atoms with Crippen LogP contribution in [-0.2, 0) is 0 Å². The second kappa shape index (κ2) is 4.93. The Hall–Kier alpha value is -2.83. The second-order valence-corrected chi connectivity index (χ2v) is 4.93. The van der Waals surface area contributed by atoms with Gasteiger partial charge in [-0.1, -0.05) is 32.0 Å². The number of fused-ring (bicyclic) bond motifs is 1. The molecule has 0 saturated heterocycles. The number of nitrogens with zero attached hydrogens (tertiary/aromatic N) is 4. The van der Waals surface area contributed by atoms with Crippen molar-refractivity contribution in [3.8, 4) is 5.69 Å². The number of hydrogen-bond acceptors (Lipinski definition) is 5. The van der Waals surface area contributed by atoms with E-state index in [0.29, 0.717) is 11.5 Å². The normalized spacial score (nSPS) is 11.2. The lowest BCUT2D eigenvalue weighted by molar-refractivity contribution is 0.741. The third kappa shape index (κ3) is 2.22. The molecular formula is C14H13N5O2. The van der Waals surface area contributed by atoms with Crippen LogP contribution in [0.1, 0.15) is 25.6 Å². The van der Waals surface area contributed by atoms with Crippen molar-refractivity contribution in [1.29, 1.82) is 0 Å². The fourth-order valence-electron chi connectivity index (χ4n) is 1.98. The SMILES string of the molecule is CC(C)c1nnc2[nH]c(=O)n(-c3ccccc3)c(=O)c2n1. The lowest BCUT2D eigenvalue weighted by Crippen LogP contribution is -2.34. The molecule has 1 aromatic carbocycles. The number of hydrogen-bond donors (Lipinski definition) is 1. The van der Waals surface area contributed by atoms with Gasteiger partial charge in [0.25, 0.3) is 5.56 Å². The molecular weight excluding hydrogens is 270 g/mol. The van der Waals surface area contributed by atoms with Crippen LogP contribution in [0.3, 0.4) is 0 Å². The van der Waals surface area contributed by atoms with Crippen LogP contribution in [0.15, 0.2) is 39.9 Å². The van der Waals surface area contributed by atoms with Crippen molar-refractivity contribution in [2.24, 2.45) is 0 Å². The van der Waals surface area contributed by atoms with Gasteiger partial charge in [-0.2, -0.15) is 0 Å². The van der Waals surface area contributed by atoms with Crippen LogP contribution in [0.4, 0.5) is 0 Å². The van der Waals surface area contributed by atoms with Crippen molar-refractivity contribution in [2.45, 2.75) is 19.8 Å². The fourth-order valence-corrected chi connectivity index (χ4v) is 1.98. The molecule has 0 saturated carbocycles. The topological polar surface area (TPSA) is 93.5 Å². The summed E-state index contributed by atoms with van der Waals surface area (Å²) in [6.45, 7) is 3.81. The van der Waals surface area contributed by atoms with Crippen molar-refractivity contribution in [3.05, 3.63) is 57.0 Å². The molecule has 1 N–H and O–H groups in total. The van der Waals surface area contributed by atoms with E-state index >= 15 is 0 Å². The Morgan fingerprint density at radius 1 is 1.10 bits per heavy atom. The molecule has 7 nitrogen and oxygen atoms in total. The van der Waals surface area contributed by atoms with E-state index in [9.17, 15) is 9.59 Å². The molecule has 0 atom stereocenters. The predicted octanol–water partition coefficient (Wildman–Crippen LogP) is 0.987. The molecule has 0 fully saturated rings. The van der Waals surface area contributed by atoms with Gasteiger partial charge in [0, 0.05) is 5.92 Å². The summed E-state index contributed by atoms with van der Waals surface area (Å²) in [6, 6.07) is 8.68. The monoisotopic (exact) mass is 283 g/mol. The van der Waals surface area contributed by atoms with Gasteiger partial charge < -0.3 is 0 Å². The Morgan fingerprint density at radius 3 is 2.48 bits per heavy atom. The molecule has 3 rings (SSSR count). The maximum atomic E-state index is 12.5. The number of H-pyrrole nitrogens is 1. The summed E-state index contributed by atoms with van der Waals surface area (Å²) in [5, 5.41) is 7.79. The average Bonchev–Trinajstić information content (AvgIpc) is 2.48. The molecule has 21 heavy (non-hydrogen) atoms. The number of nitrogens with one attached hydrogen (secondary N) is 1. The largest absolute Gasteiger partial charge is 0.334 e. The first-order valence-corrected chi connectivity index (χ1v) is 6.53. The van der Waals surface area contributed by atoms with Crippen molar-refractivity contribution >= 4 is 11.2 Å². The van der Waals surface area contributed by atoms with E-state index < -0.39 is 11.2 Å². The van der Waals surface area contributed by atoms with Crippen molar-refractivity contribution in [1.82, 2.24) is 24.7 Å². The van der Waals surface area contributed by atoms with Crippen LogP contribution in [0.5, 0.6) is 0 Å². The zero-order valence-electron chi connectivity index (χ0n) is 11.6. The summed E-state index contributed by atoms with van der Waals surface area (Å²) in [5.74, 6) is 0.504. The zero-order valence-corrected chi connectivity index (χ0v) is 11.6. The molecule has 2 aromatic heterocycles. The first-order chi connectivity index (χ1) is 10.1. The molecule has 0 amide bonds. The quantitative estimate of drug-likeness (QED) is 0.757. The number of aromatic amines is 1. The van der Waals surface area contributed by atoms with Gasteiger partial charge in [0.05, 0.1) is 5.69 Å². The number of para-hydroxylation sites is 1. The molecule has 0 bridgehead atoms. The zero-order chi connectivity index (χ0) is 15.0. The molecule has 0 aliphatic carbocycles. The molecule has 0 aliphatic rings. The summed E-state index contributed by atoms with van der Waals surface area (Å²) in [5.41, 5.74) is -0.377. The molecule has 106 valence electrons. The van der Waals surface area contributed by atoms with Gasteiger partial charge in [0.1, 0.15) is 0 Å². The second-order valence-electron chi connectivity index (χ2n) is 4.93. The maximum Gasteiger partial charge on any atom is 0.334 e. The summed E-state index contributed by atoms with van der Waals surface area (Å²) >= 11 is 0. The fraction of sp³-hybridized carbons (Fsp3) is 0.214. The predicted molar refractivity (Wildman–Crippen MR) is 77.6 cm³/mol. The van der Waals surface area contributed by atoms with Gasteiger partial charge in [0.15, 0.2) is 17.0 Å². The number of benzene rings is 1. The number of rotatable bonds is 2. The van der Waals surface area contributed by atoms with Crippen molar-refractivity contribution < 1.29 is 0 Å². The van der Waals surface area contributed by atoms with Crippen LogP contribution < -0.4 is 11.2 Å². The molecule has 7 heteroatoms. The Morgan fingerprint density at radius 2 is 1.81 bits per heavy atom. The summed E-state index contributed by atoms with van der Waals surface area (Å²) < 4.78 is 1.04. The Labute approximate surface area is 119 Å². The van der Waals surface area contributed by atoms with Gasteiger partial charge in [-0.05, 0) is 12.1 Å². The maximum absolute atomic E-state index is 12.5. The van der Waals surface area contributed by atoms with Crippen molar-refractivity contribution in [3.63, 3.8) is 0 Å². The van der Waals surface area contributed by atoms with E-state index in [1.54, 1.807) is 24.3 Å². The lowest BCUT2D eigenvalue weighted by Gasteiger charge is -2.06. The van der Waals surface area contributed by atoms with Crippen LogP contribution in [0.2, 0.25) is 0 Å². The van der Waals surface area contributed by atoms with Gasteiger partial charge in [-0.25, -0.2) is 14.3 Å². The van der Waals surface area contributed by atoms with Gasteiger partial charge in [-0.15, -0.1) is 10.2 Å². The van der Waals surface area contributed by atoms with Crippen molar-refractivity contribution in [2.75, 3.05) is 0 Å². The Kier molecular flexibility index (Phi) is 3.09. The summed E-state index contributed by atoms with van der Waals surface area (Å²) in [7, 11) is 0. The molecule has 0 radical (unpaired) electrons. The molecule has 2 heterocycles. The summed E-state index contributed by atoms with van der Waals surface area (Å²) in [4.78, 5) is 31.4. The summed E-state index contributed by atoms with van der Waals surface area (Å²) in [6.07, 6.45) is 0. The third-order valence-corrected chi connectivity index (χ3v) is 3.07. The standard InChI is InChI=1S/C14H13N5O2/c1-8(2)11-15-10-12(18-17-11)16-14(21)19(13(10)20)9-6-4-3-5-7-9/h3-8H,1-2H3,(H,16,18,21). The van der Waals surface area contributed by atoms with E-state index in [-0.39, 0.29) is 17.1 Å². The molecule has 0 spiro atoms. The molecule has 3 aromatic rings. The van der Waals surface area contributed by atoms with E-state index in [4.69, 9.17) is 0 Å². The highest BCUT2D eigenvalue weighted by Crippen LogP contribution is 2.09. The minimum Gasteiger partial charge on any atom is -0.288 e. The highest BCUT2D eigenvalue weighted by Gasteiger charge is 2.14. The minimum atomic E-state index is -0.563.